The summed E-state index contributed by atoms with van der Waals surface area (Å²) in [5, 5.41) is 11.7. The fourth-order valence-electron chi connectivity index (χ4n) is 6.78. The van der Waals surface area contributed by atoms with Crippen LogP contribution in [-0.4, -0.2) is 75.5 Å². The number of quaternary nitrogens is 1. The Bertz CT molecular complexity index is 1420. The topological polar surface area (TPSA) is 102 Å². The zero-order valence-electron chi connectivity index (χ0n) is 41.9. The third kappa shape index (κ3) is 45.0. The second-order valence-corrected chi connectivity index (χ2v) is 17.7. The van der Waals surface area contributed by atoms with Gasteiger partial charge in [-0.15, -0.1) is 0 Å². The number of likely N-dealkylation sites (N-methyl/N-ethyl adjacent to an activating group) is 1. The lowest BCUT2D eigenvalue weighted by atomic mass is 10.1. The van der Waals surface area contributed by atoms with Crippen LogP contribution in [0.15, 0.2) is 109 Å². The van der Waals surface area contributed by atoms with Gasteiger partial charge in [0, 0.05) is 19.3 Å². The fraction of sp³-hybridized carbons (Fsp3) is 0.632. The number of carboxylic acids is 1. The Labute approximate surface area is 398 Å². The quantitative estimate of drug-likeness (QED) is 0.0197. The van der Waals surface area contributed by atoms with Crippen LogP contribution in [-0.2, 0) is 28.6 Å². The van der Waals surface area contributed by atoms with E-state index >= 15 is 0 Å². The van der Waals surface area contributed by atoms with Crippen LogP contribution in [0.2, 0.25) is 0 Å². The van der Waals surface area contributed by atoms with Gasteiger partial charge in [0.05, 0.1) is 40.3 Å². The largest absolute Gasteiger partial charge is 0.544 e. The molecule has 0 aliphatic rings. The first-order valence-corrected chi connectivity index (χ1v) is 25.4. The minimum Gasteiger partial charge on any atom is -0.544 e. The van der Waals surface area contributed by atoms with Crippen LogP contribution < -0.4 is 5.11 Å². The van der Waals surface area contributed by atoms with Gasteiger partial charge in [0.25, 0.3) is 0 Å². The van der Waals surface area contributed by atoms with E-state index in [1.807, 2.05) is 0 Å². The van der Waals surface area contributed by atoms with Crippen molar-refractivity contribution in [1.82, 2.24) is 0 Å². The Morgan fingerprint density at radius 1 is 0.492 bits per heavy atom. The second-order valence-electron chi connectivity index (χ2n) is 17.7. The summed E-state index contributed by atoms with van der Waals surface area (Å²) < 4.78 is 17.2. The Hall–Kier alpha value is -4.01. The van der Waals surface area contributed by atoms with E-state index in [2.05, 4.69) is 123 Å². The van der Waals surface area contributed by atoms with Gasteiger partial charge in [-0.25, -0.2) is 0 Å². The van der Waals surface area contributed by atoms with Crippen molar-refractivity contribution < 1.29 is 38.2 Å². The van der Waals surface area contributed by atoms with Crippen molar-refractivity contribution >= 4 is 17.9 Å². The van der Waals surface area contributed by atoms with E-state index in [-0.39, 0.29) is 49.1 Å². The van der Waals surface area contributed by atoms with Gasteiger partial charge >= 0.3 is 11.9 Å². The number of hydrogen-bond acceptors (Lipinski definition) is 7. The molecule has 0 aromatic rings. The van der Waals surface area contributed by atoms with Crippen molar-refractivity contribution in [3.05, 3.63) is 109 Å². The number of hydrogen-bond donors (Lipinski definition) is 0. The average molecular weight is 904 g/mol. The van der Waals surface area contributed by atoms with Crippen LogP contribution >= 0.6 is 0 Å². The highest BCUT2D eigenvalue weighted by molar-refractivity contribution is 5.70. The molecule has 8 heteroatoms. The van der Waals surface area contributed by atoms with Gasteiger partial charge in [-0.3, -0.25) is 9.59 Å². The maximum atomic E-state index is 12.8. The van der Waals surface area contributed by atoms with Crippen LogP contribution in [0.1, 0.15) is 181 Å². The third-order valence-corrected chi connectivity index (χ3v) is 10.7. The summed E-state index contributed by atoms with van der Waals surface area (Å²) in [6.45, 7) is 4.47. The molecule has 0 saturated heterocycles. The SMILES string of the molecule is CC/C=C/C/C=C/C/C=C/C/C=C/C/C=C/C/C=C/CCCCCCC(=O)OCC(COCCC(C(=O)[O-])[N+](C)(C)C)OC(=O)CCCCCCC/C=C/C=C/C=C/CCCCCCC. The molecule has 0 aromatic carbocycles. The highest BCUT2D eigenvalue weighted by Crippen LogP contribution is 2.13. The van der Waals surface area contributed by atoms with E-state index in [9.17, 15) is 19.5 Å². The number of nitrogens with zero attached hydrogens (tertiary/aromatic N) is 1. The summed E-state index contributed by atoms with van der Waals surface area (Å²) in [6.07, 6.45) is 64.0. The van der Waals surface area contributed by atoms with Gasteiger partial charge in [-0.2, -0.15) is 0 Å². The summed E-state index contributed by atoms with van der Waals surface area (Å²) in [5.41, 5.74) is 0. The van der Waals surface area contributed by atoms with Crippen molar-refractivity contribution in [3.8, 4) is 0 Å². The molecule has 0 rings (SSSR count). The molecule has 0 aromatic heterocycles. The Morgan fingerprint density at radius 3 is 1.40 bits per heavy atom. The number of rotatable bonds is 44. The van der Waals surface area contributed by atoms with E-state index in [0.717, 1.165) is 116 Å². The van der Waals surface area contributed by atoms with Gasteiger partial charge in [-0.1, -0.05) is 181 Å². The average Bonchev–Trinajstić information content (AvgIpc) is 3.27. The first kappa shape index (κ1) is 61.0. The first-order chi connectivity index (χ1) is 31.6. The van der Waals surface area contributed by atoms with Crippen molar-refractivity contribution in [2.75, 3.05) is 41.0 Å². The molecule has 2 atom stereocenters. The predicted molar refractivity (Wildman–Crippen MR) is 272 cm³/mol. The van der Waals surface area contributed by atoms with Gasteiger partial charge < -0.3 is 28.6 Å². The first-order valence-electron chi connectivity index (χ1n) is 25.4. The van der Waals surface area contributed by atoms with Crippen molar-refractivity contribution in [2.45, 2.75) is 193 Å². The zero-order chi connectivity index (χ0) is 47.7. The molecule has 0 spiro atoms. The smallest absolute Gasteiger partial charge is 0.306 e. The molecule has 65 heavy (non-hydrogen) atoms. The molecule has 8 nitrogen and oxygen atoms in total. The molecular formula is C57H93NO7. The molecule has 0 fully saturated rings. The van der Waals surface area contributed by atoms with Gasteiger partial charge in [0.15, 0.2) is 6.10 Å². The van der Waals surface area contributed by atoms with Crippen molar-refractivity contribution in [2.24, 2.45) is 0 Å². The third-order valence-electron chi connectivity index (χ3n) is 10.7. The zero-order valence-corrected chi connectivity index (χ0v) is 41.9. The number of esters is 2. The minimum atomic E-state index is -1.14. The number of unbranched alkanes of at least 4 members (excludes halogenated alkanes) is 14. The lowest BCUT2D eigenvalue weighted by Crippen LogP contribution is -2.55. The summed E-state index contributed by atoms with van der Waals surface area (Å²) in [4.78, 5) is 37.0. The van der Waals surface area contributed by atoms with E-state index in [4.69, 9.17) is 14.2 Å². The molecule has 0 aliphatic carbocycles. The summed E-state index contributed by atoms with van der Waals surface area (Å²) in [7, 11) is 5.39. The molecule has 0 radical (unpaired) electrons. The maximum absolute atomic E-state index is 12.8. The van der Waals surface area contributed by atoms with Crippen LogP contribution in [0, 0.1) is 0 Å². The van der Waals surface area contributed by atoms with Gasteiger partial charge in [-0.05, 0) is 89.9 Å². The molecular weight excluding hydrogens is 811 g/mol. The molecule has 0 N–H and O–H groups in total. The predicted octanol–water partition coefficient (Wildman–Crippen LogP) is 13.5. The fourth-order valence-corrected chi connectivity index (χ4v) is 6.78. The van der Waals surface area contributed by atoms with Crippen LogP contribution in [0.5, 0.6) is 0 Å². The highest BCUT2D eigenvalue weighted by atomic mass is 16.6. The maximum Gasteiger partial charge on any atom is 0.306 e. The molecule has 0 saturated carbocycles. The monoisotopic (exact) mass is 904 g/mol. The number of aliphatic carboxylic acids is 1. The van der Waals surface area contributed by atoms with E-state index in [1.165, 1.54) is 32.1 Å². The number of carbonyl (C=O) groups excluding carboxylic acids is 3. The number of allylic oxidation sites excluding steroid dienone is 18. The van der Waals surface area contributed by atoms with Crippen molar-refractivity contribution in [1.29, 1.82) is 0 Å². The number of ether oxygens (including phenoxy) is 3. The van der Waals surface area contributed by atoms with E-state index in [1.54, 1.807) is 21.1 Å². The van der Waals surface area contributed by atoms with E-state index in [0.29, 0.717) is 6.42 Å². The highest BCUT2D eigenvalue weighted by Gasteiger charge is 2.25. The Kier molecular flexibility index (Phi) is 43.6. The van der Waals surface area contributed by atoms with Gasteiger partial charge in [0.1, 0.15) is 12.6 Å². The van der Waals surface area contributed by atoms with Crippen LogP contribution in [0.4, 0.5) is 0 Å². The lowest BCUT2D eigenvalue weighted by molar-refractivity contribution is -0.889. The number of carboxylic acid groups (broad SMARTS) is 1. The Balaban J connectivity index is 4.38. The molecule has 0 heterocycles. The summed E-state index contributed by atoms with van der Waals surface area (Å²) in [5.74, 6) is -1.81. The lowest BCUT2D eigenvalue weighted by Gasteiger charge is -2.34. The second kappa shape index (κ2) is 46.5. The summed E-state index contributed by atoms with van der Waals surface area (Å²) in [6, 6.07) is -0.741. The molecule has 0 bridgehead atoms. The van der Waals surface area contributed by atoms with Crippen molar-refractivity contribution in [3.63, 3.8) is 0 Å². The minimum absolute atomic E-state index is 0.0165. The standard InChI is InChI=1S/C57H93NO7/c1-6-8-10-12-14-16-18-20-22-24-26-27-28-29-30-32-33-35-37-39-41-43-45-47-55(59)64-52-53(51-63-50-49-54(57(61)62)58(3,4)5)65-56(60)48-46-44-42-40-38-36-34-31-25-23-21-19-17-15-13-11-9-7-2/h8,10,14,16,19-23,25-27,29-31,33-35,53-54H,6-7,9,11-13,15,17-18,24,28,32,36-52H2,1-5H3/b10-8+,16-14+,21-19+,22-20+,25-23+,27-26+,30-29+,34-31+,35-33+. The Morgan fingerprint density at radius 2 is 0.923 bits per heavy atom. The van der Waals surface area contributed by atoms with Crippen LogP contribution in [0.25, 0.3) is 0 Å². The molecule has 0 amide bonds. The van der Waals surface area contributed by atoms with Gasteiger partial charge in [0.2, 0.25) is 0 Å². The molecule has 0 aliphatic heterocycles. The normalized spacial score (nSPS) is 13.8. The molecule has 368 valence electrons. The van der Waals surface area contributed by atoms with Crippen LogP contribution in [0.3, 0.4) is 0 Å². The molecule has 2 unspecified atom stereocenters. The summed E-state index contributed by atoms with van der Waals surface area (Å²) >= 11 is 0. The van der Waals surface area contributed by atoms with E-state index < -0.39 is 18.1 Å². The number of carbonyl (C=O) groups is 3.